The highest BCUT2D eigenvalue weighted by atomic mass is 32.2. The molecule has 4 aromatic rings. The van der Waals surface area contributed by atoms with Crippen molar-refractivity contribution in [1.82, 2.24) is 5.32 Å². The Labute approximate surface area is 198 Å². The number of hydrogen-bond donors (Lipinski definition) is 1. The van der Waals surface area contributed by atoms with Crippen molar-refractivity contribution in [3.8, 4) is 0 Å². The van der Waals surface area contributed by atoms with E-state index in [-0.39, 0.29) is 10.8 Å². The molecule has 0 bridgehead atoms. The van der Waals surface area contributed by atoms with E-state index in [4.69, 9.17) is 0 Å². The van der Waals surface area contributed by atoms with Gasteiger partial charge in [0.2, 0.25) is 0 Å². The predicted octanol–water partition coefficient (Wildman–Crippen LogP) is 5.66. The lowest BCUT2D eigenvalue weighted by molar-refractivity contribution is 0.0955. The van der Waals surface area contributed by atoms with Crippen LogP contribution in [0.2, 0.25) is 0 Å². The number of thiophene rings is 1. The van der Waals surface area contributed by atoms with Gasteiger partial charge in [0, 0.05) is 17.8 Å². The zero-order valence-electron chi connectivity index (χ0n) is 18.8. The summed E-state index contributed by atoms with van der Waals surface area (Å²) >= 11 is 1.40. The monoisotopic (exact) mass is 478 g/mol. The Morgan fingerprint density at radius 1 is 0.939 bits per heavy atom. The predicted molar refractivity (Wildman–Crippen MR) is 136 cm³/mol. The van der Waals surface area contributed by atoms with Gasteiger partial charge >= 0.3 is 0 Å². The lowest BCUT2D eigenvalue weighted by atomic mass is 10.1. The molecule has 170 valence electrons. The van der Waals surface area contributed by atoms with Gasteiger partial charge < -0.3 is 5.32 Å². The summed E-state index contributed by atoms with van der Waals surface area (Å²) in [4.78, 5) is 13.6. The maximum Gasteiger partial charge on any atom is 0.264 e. The lowest BCUT2D eigenvalue weighted by Gasteiger charge is -2.23. The Hall–Kier alpha value is -3.16. The van der Waals surface area contributed by atoms with Crippen molar-refractivity contribution in [2.45, 2.75) is 32.2 Å². The van der Waals surface area contributed by atoms with Gasteiger partial charge in [-0.15, -0.1) is 11.3 Å². The summed E-state index contributed by atoms with van der Waals surface area (Å²) in [5.41, 5.74) is 3.78. The van der Waals surface area contributed by atoms with E-state index in [9.17, 15) is 13.2 Å². The first-order chi connectivity index (χ1) is 15.8. The zero-order valence-corrected chi connectivity index (χ0v) is 20.5. The summed E-state index contributed by atoms with van der Waals surface area (Å²) in [6.45, 7) is 6.52. The molecule has 0 unspecified atom stereocenters. The molecule has 0 saturated heterocycles. The highest BCUT2D eigenvalue weighted by Crippen LogP contribution is 2.32. The Morgan fingerprint density at radius 3 is 2.39 bits per heavy atom. The topological polar surface area (TPSA) is 66.5 Å². The van der Waals surface area contributed by atoms with Crippen molar-refractivity contribution in [2.75, 3.05) is 10.8 Å². The number of aryl methyl sites for hydroxylation is 2. The first kappa shape index (κ1) is 23.0. The van der Waals surface area contributed by atoms with Crippen molar-refractivity contribution in [2.24, 2.45) is 0 Å². The average Bonchev–Trinajstić information content (AvgIpc) is 3.22. The van der Waals surface area contributed by atoms with Gasteiger partial charge in [0.05, 0.1) is 15.5 Å². The van der Waals surface area contributed by atoms with Crippen LogP contribution in [0.15, 0.2) is 77.7 Å². The molecule has 1 heterocycles. The van der Waals surface area contributed by atoms with Crippen LogP contribution >= 0.6 is 11.3 Å². The summed E-state index contributed by atoms with van der Waals surface area (Å²) in [7, 11) is -3.68. The normalized spacial score (nSPS) is 11.5. The smallest absolute Gasteiger partial charge is 0.264 e. The van der Waals surface area contributed by atoms with Crippen molar-refractivity contribution in [3.63, 3.8) is 0 Å². The fourth-order valence-electron chi connectivity index (χ4n) is 3.72. The van der Waals surface area contributed by atoms with E-state index < -0.39 is 10.0 Å². The Balaban J connectivity index is 1.57. The molecule has 1 aromatic heterocycles. The van der Waals surface area contributed by atoms with Crippen LogP contribution in [-0.2, 0) is 16.6 Å². The van der Waals surface area contributed by atoms with Crippen LogP contribution in [0.25, 0.3) is 10.1 Å². The standard InChI is InChI=1S/C26H26N2O3S2/c1-4-28(33(30,31)23-11-8-18(2)9-12-23)22-10-13-24-21(15-22)16-25(32-24)26(29)27-17-20-7-5-6-19(3)14-20/h5-16H,4,17H2,1-3H3,(H,27,29). The molecule has 0 aliphatic heterocycles. The van der Waals surface area contributed by atoms with Crippen molar-refractivity contribution >= 4 is 43.0 Å². The summed E-state index contributed by atoms with van der Waals surface area (Å²) < 4.78 is 28.8. The quantitative estimate of drug-likeness (QED) is 0.373. The molecule has 5 nitrogen and oxygen atoms in total. The van der Waals surface area contributed by atoms with E-state index in [0.29, 0.717) is 23.7 Å². The van der Waals surface area contributed by atoms with E-state index >= 15 is 0 Å². The molecule has 0 aliphatic rings. The minimum atomic E-state index is -3.68. The number of fused-ring (bicyclic) bond motifs is 1. The number of rotatable bonds is 7. The maximum atomic E-state index is 13.2. The second-order valence-electron chi connectivity index (χ2n) is 7.99. The van der Waals surface area contributed by atoms with Crippen LogP contribution in [0.4, 0.5) is 5.69 Å². The van der Waals surface area contributed by atoms with Crippen LogP contribution in [0.1, 0.15) is 33.3 Å². The molecule has 0 fully saturated rings. The molecule has 1 amide bonds. The molecule has 0 atom stereocenters. The number of anilines is 1. The van der Waals surface area contributed by atoms with E-state index in [1.54, 1.807) is 30.3 Å². The van der Waals surface area contributed by atoms with Crippen LogP contribution in [-0.4, -0.2) is 20.9 Å². The highest BCUT2D eigenvalue weighted by molar-refractivity contribution is 7.92. The van der Waals surface area contributed by atoms with Gasteiger partial charge in [-0.05, 0) is 68.1 Å². The Morgan fingerprint density at radius 2 is 1.70 bits per heavy atom. The summed E-state index contributed by atoms with van der Waals surface area (Å²) in [6, 6.07) is 22.2. The van der Waals surface area contributed by atoms with Crippen LogP contribution < -0.4 is 9.62 Å². The molecule has 1 N–H and O–H groups in total. The van der Waals surface area contributed by atoms with Gasteiger partial charge in [-0.2, -0.15) is 0 Å². The third-order valence-electron chi connectivity index (χ3n) is 5.44. The number of hydrogen-bond acceptors (Lipinski definition) is 4. The van der Waals surface area contributed by atoms with Gasteiger partial charge in [-0.1, -0.05) is 47.5 Å². The van der Waals surface area contributed by atoms with Crippen LogP contribution in [0.5, 0.6) is 0 Å². The van der Waals surface area contributed by atoms with Gasteiger partial charge in [0.15, 0.2) is 0 Å². The van der Waals surface area contributed by atoms with Crippen molar-refractivity contribution < 1.29 is 13.2 Å². The van der Waals surface area contributed by atoms with Crippen LogP contribution in [0.3, 0.4) is 0 Å². The summed E-state index contributed by atoms with van der Waals surface area (Å²) in [6.07, 6.45) is 0. The first-order valence-corrected chi connectivity index (χ1v) is 13.0. The maximum absolute atomic E-state index is 13.2. The van der Waals surface area contributed by atoms with Gasteiger partial charge in [-0.25, -0.2) is 8.42 Å². The fourth-order valence-corrected chi connectivity index (χ4v) is 6.14. The number of benzene rings is 3. The average molecular weight is 479 g/mol. The molecule has 0 aliphatic carbocycles. The second kappa shape index (κ2) is 9.37. The largest absolute Gasteiger partial charge is 0.347 e. The number of amides is 1. The van der Waals surface area contributed by atoms with E-state index in [1.165, 1.54) is 15.6 Å². The van der Waals surface area contributed by atoms with Gasteiger partial charge in [-0.3, -0.25) is 9.10 Å². The molecule has 7 heteroatoms. The Bertz CT molecular complexity index is 1410. The first-order valence-electron chi connectivity index (χ1n) is 10.7. The number of sulfonamides is 1. The van der Waals surface area contributed by atoms with Crippen molar-refractivity contribution in [1.29, 1.82) is 0 Å². The van der Waals surface area contributed by atoms with E-state index in [0.717, 1.165) is 26.8 Å². The molecule has 3 aromatic carbocycles. The summed E-state index contributed by atoms with van der Waals surface area (Å²) in [5, 5.41) is 3.81. The number of nitrogens with zero attached hydrogens (tertiary/aromatic N) is 1. The molecule has 0 radical (unpaired) electrons. The molecular weight excluding hydrogens is 452 g/mol. The lowest BCUT2D eigenvalue weighted by Crippen LogP contribution is -2.30. The van der Waals surface area contributed by atoms with Gasteiger partial charge in [0.25, 0.3) is 15.9 Å². The van der Waals surface area contributed by atoms with Gasteiger partial charge in [0.1, 0.15) is 0 Å². The minimum Gasteiger partial charge on any atom is -0.347 e. The van der Waals surface area contributed by atoms with E-state index in [2.05, 4.69) is 5.32 Å². The molecule has 0 spiro atoms. The second-order valence-corrected chi connectivity index (χ2v) is 10.9. The molecule has 33 heavy (non-hydrogen) atoms. The zero-order chi connectivity index (χ0) is 23.6. The van der Waals surface area contributed by atoms with E-state index in [1.807, 2.05) is 63.2 Å². The molecular formula is C26H26N2O3S2. The third-order valence-corrected chi connectivity index (χ3v) is 8.48. The molecule has 0 saturated carbocycles. The van der Waals surface area contributed by atoms with Crippen molar-refractivity contribution in [3.05, 3.63) is 94.4 Å². The summed E-state index contributed by atoms with van der Waals surface area (Å²) in [5.74, 6) is -0.140. The highest BCUT2D eigenvalue weighted by Gasteiger charge is 2.24. The minimum absolute atomic E-state index is 0.140. The number of nitrogens with one attached hydrogen (secondary N) is 1. The third kappa shape index (κ3) is 4.94. The SMILES string of the molecule is CCN(c1ccc2sc(C(=O)NCc3cccc(C)c3)cc2c1)S(=O)(=O)c1ccc(C)cc1. The number of carbonyl (C=O) groups excluding carboxylic acids is 1. The Kier molecular flexibility index (Phi) is 6.54. The molecule has 4 rings (SSSR count). The van der Waals surface area contributed by atoms with Crippen LogP contribution in [0, 0.1) is 13.8 Å². The fraction of sp³-hybridized carbons (Fsp3) is 0.192. The number of carbonyl (C=O) groups is 1.